The zero-order chi connectivity index (χ0) is 31.6. The van der Waals surface area contributed by atoms with Crippen LogP contribution in [-0.4, -0.2) is 24.0 Å². The summed E-state index contributed by atoms with van der Waals surface area (Å²) >= 11 is 0. The average molecular weight is 616 g/mol. The second-order valence-electron chi connectivity index (χ2n) is 12.3. The first-order valence-electron chi connectivity index (χ1n) is 15.1. The first-order chi connectivity index (χ1) is 21.5. The third-order valence-corrected chi connectivity index (χ3v) is 10.1. The topological polar surface area (TPSA) is 3.24 Å². The third-order valence-electron chi connectivity index (χ3n) is 10.1. The van der Waals surface area contributed by atoms with Crippen LogP contribution in [-0.2, 0) is 10.8 Å². The SMILES string of the molecule is CC1(CCN(C(F)(F)F)C(F)(F)F)C2=CC=CCC=C2c2ccc3c(c21)C(c1ccccc1)(c1ccccc1)C1C=CC=CC31. The number of rotatable bonds is 5. The molecule has 0 bridgehead atoms. The Kier molecular flexibility index (Phi) is 6.89. The lowest BCUT2D eigenvalue weighted by molar-refractivity contribution is -0.373. The van der Waals surface area contributed by atoms with Gasteiger partial charge in [-0.2, -0.15) is 26.3 Å². The highest BCUT2D eigenvalue weighted by Gasteiger charge is 2.59. The number of nitrogens with zero attached hydrogens (tertiary/aromatic N) is 1. The van der Waals surface area contributed by atoms with Gasteiger partial charge >= 0.3 is 12.6 Å². The number of fused-ring (bicyclic) bond motifs is 7. The summed E-state index contributed by atoms with van der Waals surface area (Å²) in [6.45, 7) is 0.606. The van der Waals surface area contributed by atoms with Gasteiger partial charge in [-0.15, -0.1) is 4.90 Å². The van der Waals surface area contributed by atoms with Gasteiger partial charge < -0.3 is 0 Å². The number of hydrogen-bond donors (Lipinski definition) is 0. The van der Waals surface area contributed by atoms with Crippen molar-refractivity contribution in [2.75, 3.05) is 6.54 Å². The van der Waals surface area contributed by atoms with E-state index in [0.717, 1.165) is 44.5 Å². The highest BCUT2D eigenvalue weighted by Crippen LogP contribution is 2.65. The van der Waals surface area contributed by atoms with Crippen molar-refractivity contribution in [1.29, 1.82) is 0 Å². The zero-order valence-corrected chi connectivity index (χ0v) is 24.5. The minimum atomic E-state index is -5.56. The van der Waals surface area contributed by atoms with Gasteiger partial charge in [-0.25, -0.2) is 0 Å². The largest absolute Gasteiger partial charge is 0.467 e. The van der Waals surface area contributed by atoms with Crippen LogP contribution in [0.25, 0.3) is 5.57 Å². The summed E-state index contributed by atoms with van der Waals surface area (Å²) < 4.78 is 83.1. The first kappa shape index (κ1) is 29.6. The third kappa shape index (κ3) is 4.42. The van der Waals surface area contributed by atoms with Gasteiger partial charge in [0.2, 0.25) is 0 Å². The molecular weight excluding hydrogens is 584 g/mol. The van der Waals surface area contributed by atoms with E-state index >= 15 is 0 Å². The molecule has 0 aliphatic heterocycles. The molecule has 3 aromatic carbocycles. The van der Waals surface area contributed by atoms with Crippen molar-refractivity contribution in [3.05, 3.63) is 160 Å². The van der Waals surface area contributed by atoms with Gasteiger partial charge in [-0.3, -0.25) is 0 Å². The van der Waals surface area contributed by atoms with Gasteiger partial charge in [-0.1, -0.05) is 128 Å². The summed E-state index contributed by atoms with van der Waals surface area (Å²) in [7, 11) is 0. The summed E-state index contributed by atoms with van der Waals surface area (Å²) in [6.07, 6.45) is 5.28. The fourth-order valence-electron chi connectivity index (χ4n) is 8.34. The standard InChI is InChI=1S/C38H31F6N/c1-35(23-24-45(37(39,40)41)38(42,43)44)31-19-10-4-9-17-27(31)29-21-22-30-28-18-11-12-20-32(28)36(34(30)33(29)35,25-13-5-2-6-14-25)26-15-7-3-8-16-26/h2-8,10-22,28,32H,9,23-24H2,1H3. The van der Waals surface area contributed by atoms with E-state index < -0.39 is 34.9 Å². The Morgan fingerprint density at radius 3 is 2.00 bits per heavy atom. The van der Waals surface area contributed by atoms with Crippen molar-refractivity contribution in [1.82, 2.24) is 4.90 Å². The highest BCUT2D eigenvalue weighted by molar-refractivity contribution is 5.93. The van der Waals surface area contributed by atoms with E-state index in [1.54, 1.807) is 0 Å². The molecule has 0 heterocycles. The second-order valence-corrected chi connectivity index (χ2v) is 12.3. The zero-order valence-electron chi connectivity index (χ0n) is 24.5. The summed E-state index contributed by atoms with van der Waals surface area (Å²) in [5.74, 6) is -0.0942. The van der Waals surface area contributed by atoms with Crippen molar-refractivity contribution in [2.24, 2.45) is 5.92 Å². The van der Waals surface area contributed by atoms with Gasteiger partial charge in [0.15, 0.2) is 0 Å². The predicted molar refractivity (Wildman–Crippen MR) is 164 cm³/mol. The van der Waals surface area contributed by atoms with Crippen molar-refractivity contribution in [3.63, 3.8) is 0 Å². The monoisotopic (exact) mass is 615 g/mol. The molecule has 230 valence electrons. The number of allylic oxidation sites excluding steroid dienone is 10. The van der Waals surface area contributed by atoms with Gasteiger partial charge in [0, 0.05) is 23.8 Å². The van der Waals surface area contributed by atoms with Crippen LogP contribution < -0.4 is 0 Å². The minimum absolute atomic E-state index is 0.0323. The Hall–Kier alpha value is -4.10. The molecule has 7 rings (SSSR count). The number of benzene rings is 3. The van der Waals surface area contributed by atoms with Gasteiger partial charge in [-0.05, 0) is 57.4 Å². The molecule has 45 heavy (non-hydrogen) atoms. The summed E-state index contributed by atoms with van der Waals surface area (Å²) in [6, 6.07) is 24.4. The summed E-state index contributed by atoms with van der Waals surface area (Å²) in [5.41, 5.74) is 5.52. The normalized spacial score (nSPS) is 24.4. The van der Waals surface area contributed by atoms with E-state index in [2.05, 4.69) is 42.5 Å². The van der Waals surface area contributed by atoms with E-state index in [-0.39, 0.29) is 18.3 Å². The van der Waals surface area contributed by atoms with Crippen LogP contribution in [0.15, 0.2) is 127 Å². The Morgan fingerprint density at radius 2 is 1.38 bits per heavy atom. The quantitative estimate of drug-likeness (QED) is 0.204. The lowest BCUT2D eigenvalue weighted by Gasteiger charge is -2.42. The molecule has 7 heteroatoms. The molecule has 0 saturated heterocycles. The van der Waals surface area contributed by atoms with Crippen molar-refractivity contribution >= 4 is 5.57 Å². The van der Waals surface area contributed by atoms with Crippen molar-refractivity contribution in [2.45, 2.75) is 49.1 Å². The molecule has 4 aliphatic carbocycles. The second kappa shape index (κ2) is 10.5. The van der Waals surface area contributed by atoms with Crippen LogP contribution >= 0.6 is 0 Å². The molecule has 0 fully saturated rings. The molecule has 4 aliphatic rings. The molecule has 0 saturated carbocycles. The lowest BCUT2D eigenvalue weighted by Crippen LogP contribution is -2.49. The van der Waals surface area contributed by atoms with Gasteiger partial charge in [0.05, 0.1) is 5.41 Å². The molecule has 0 aromatic heterocycles. The van der Waals surface area contributed by atoms with Crippen LogP contribution in [0.2, 0.25) is 0 Å². The molecule has 3 atom stereocenters. The molecule has 1 nitrogen and oxygen atoms in total. The Bertz CT molecular complexity index is 1720. The molecule has 0 N–H and O–H groups in total. The van der Waals surface area contributed by atoms with Crippen molar-refractivity contribution in [3.8, 4) is 0 Å². The van der Waals surface area contributed by atoms with E-state index in [0.29, 0.717) is 6.42 Å². The molecule has 3 aromatic rings. The Morgan fingerprint density at radius 1 is 0.756 bits per heavy atom. The summed E-state index contributed by atoms with van der Waals surface area (Å²) in [4.78, 5) is -1.28. The first-order valence-corrected chi connectivity index (χ1v) is 15.1. The van der Waals surface area contributed by atoms with Crippen LogP contribution in [0, 0.1) is 5.92 Å². The maximum absolute atomic E-state index is 13.8. The Labute approximate surface area is 258 Å². The minimum Gasteiger partial charge on any atom is -0.155 e. The smallest absolute Gasteiger partial charge is 0.155 e. The van der Waals surface area contributed by atoms with Gasteiger partial charge in [0.25, 0.3) is 0 Å². The maximum Gasteiger partial charge on any atom is 0.467 e. The van der Waals surface area contributed by atoms with Crippen molar-refractivity contribution < 1.29 is 26.3 Å². The number of hydrogen-bond acceptors (Lipinski definition) is 1. The maximum atomic E-state index is 13.8. The molecule has 0 spiro atoms. The van der Waals surface area contributed by atoms with Crippen LogP contribution in [0.4, 0.5) is 26.3 Å². The Balaban J connectivity index is 1.56. The number of alkyl halides is 6. The van der Waals surface area contributed by atoms with E-state index in [9.17, 15) is 26.3 Å². The van der Waals surface area contributed by atoms with E-state index in [1.165, 1.54) is 0 Å². The fraction of sp³-hybridized carbons (Fsp3) is 0.263. The fourth-order valence-corrected chi connectivity index (χ4v) is 8.34. The molecular formula is C38H31F6N. The number of halogens is 6. The highest BCUT2D eigenvalue weighted by atomic mass is 19.4. The van der Waals surface area contributed by atoms with Crippen LogP contribution in [0.3, 0.4) is 0 Å². The molecule has 0 amide bonds. The predicted octanol–water partition coefficient (Wildman–Crippen LogP) is 10.1. The molecule has 3 unspecified atom stereocenters. The van der Waals surface area contributed by atoms with E-state index in [4.69, 9.17) is 0 Å². The molecule has 0 radical (unpaired) electrons. The van der Waals surface area contributed by atoms with Crippen LogP contribution in [0.1, 0.15) is 59.1 Å². The lowest BCUT2D eigenvalue weighted by atomic mass is 9.60. The van der Waals surface area contributed by atoms with E-state index in [1.807, 2.05) is 85.8 Å². The summed E-state index contributed by atoms with van der Waals surface area (Å²) in [5, 5.41) is 0. The average Bonchev–Trinajstić information content (AvgIpc) is 3.27. The van der Waals surface area contributed by atoms with Crippen LogP contribution in [0.5, 0.6) is 0 Å². The van der Waals surface area contributed by atoms with Gasteiger partial charge in [0.1, 0.15) is 0 Å².